The molecular weight excluding hydrogens is 456 g/mol. The summed E-state index contributed by atoms with van der Waals surface area (Å²) in [6, 6.07) is 11.3. The van der Waals surface area contributed by atoms with Crippen molar-refractivity contribution in [2.24, 2.45) is 4.99 Å². The first-order valence-corrected chi connectivity index (χ1v) is 10.7. The summed E-state index contributed by atoms with van der Waals surface area (Å²) in [7, 11) is 1.62. The summed E-state index contributed by atoms with van der Waals surface area (Å²) in [5.74, 6) is 0.132. The maximum Gasteiger partial charge on any atom is 0.326 e. The zero-order valence-corrected chi connectivity index (χ0v) is 18.8. The highest BCUT2D eigenvalue weighted by atomic mass is 79.9. The van der Waals surface area contributed by atoms with E-state index in [0.717, 1.165) is 31.6 Å². The van der Waals surface area contributed by atoms with Gasteiger partial charge in [-0.05, 0) is 49.2 Å². The van der Waals surface area contributed by atoms with E-state index in [4.69, 9.17) is 9.47 Å². The molecule has 29 heavy (non-hydrogen) atoms. The number of carbonyl (C=O) groups excluding carboxylic acids is 2. The van der Waals surface area contributed by atoms with Crippen molar-refractivity contribution < 1.29 is 19.1 Å². The largest absolute Gasteiger partial charge is 0.496 e. The summed E-state index contributed by atoms with van der Waals surface area (Å²) in [6.45, 7) is 4.00. The maximum atomic E-state index is 12.6. The van der Waals surface area contributed by atoms with E-state index in [0.29, 0.717) is 11.4 Å². The summed E-state index contributed by atoms with van der Waals surface area (Å²) in [6.07, 6.45) is 0.169. The van der Waals surface area contributed by atoms with Gasteiger partial charge in [0.05, 0.1) is 30.4 Å². The Balaban J connectivity index is 1.96. The van der Waals surface area contributed by atoms with Crippen LogP contribution in [0.3, 0.4) is 0 Å². The van der Waals surface area contributed by atoms with Crippen LogP contribution in [0.5, 0.6) is 5.75 Å². The average Bonchev–Trinajstić information content (AvgIpc) is 2.98. The highest BCUT2D eigenvalue weighted by Gasteiger charge is 2.13. The fraction of sp³-hybridized carbons (Fsp3) is 0.286. The first-order valence-electron chi connectivity index (χ1n) is 9.07. The van der Waals surface area contributed by atoms with Crippen LogP contribution in [0.1, 0.15) is 18.1 Å². The van der Waals surface area contributed by atoms with Crippen molar-refractivity contribution in [3.05, 3.63) is 56.8 Å². The SMILES string of the molecule is CCOC(=O)Cn1c(=NC(=O)Cc2ccc(OC)c(C)c2)sc2cc(Br)ccc21. The second kappa shape index (κ2) is 9.37. The summed E-state index contributed by atoms with van der Waals surface area (Å²) in [4.78, 5) is 29.5. The molecule has 0 fully saturated rings. The van der Waals surface area contributed by atoms with Crippen LogP contribution in [-0.2, 0) is 27.3 Å². The highest BCUT2D eigenvalue weighted by molar-refractivity contribution is 9.10. The Morgan fingerprint density at radius 2 is 2.00 bits per heavy atom. The molecular formula is C21H21BrN2O4S. The molecule has 0 aliphatic heterocycles. The van der Waals surface area contributed by atoms with Gasteiger partial charge in [-0.1, -0.05) is 39.4 Å². The van der Waals surface area contributed by atoms with Crippen LogP contribution in [0.4, 0.5) is 0 Å². The molecule has 3 rings (SSSR count). The van der Waals surface area contributed by atoms with E-state index in [1.54, 1.807) is 18.6 Å². The van der Waals surface area contributed by atoms with Crippen molar-refractivity contribution in [1.29, 1.82) is 0 Å². The summed E-state index contributed by atoms with van der Waals surface area (Å²) in [5, 5.41) is 0. The molecule has 152 valence electrons. The van der Waals surface area contributed by atoms with E-state index in [1.165, 1.54) is 11.3 Å². The first-order chi connectivity index (χ1) is 13.9. The molecule has 0 N–H and O–H groups in total. The van der Waals surface area contributed by atoms with Crippen LogP contribution in [0.25, 0.3) is 10.2 Å². The third-order valence-corrected chi connectivity index (χ3v) is 5.81. The minimum absolute atomic E-state index is 0.00320. The average molecular weight is 477 g/mol. The molecule has 0 bridgehead atoms. The van der Waals surface area contributed by atoms with Gasteiger partial charge in [-0.25, -0.2) is 0 Å². The minimum atomic E-state index is -0.366. The third-order valence-electron chi connectivity index (χ3n) is 4.27. The number of ether oxygens (including phenoxy) is 2. The molecule has 1 amide bonds. The Hall–Kier alpha value is -2.45. The van der Waals surface area contributed by atoms with Crippen LogP contribution >= 0.6 is 27.3 Å². The van der Waals surface area contributed by atoms with E-state index in [9.17, 15) is 9.59 Å². The van der Waals surface area contributed by atoms with Crippen LogP contribution in [0, 0.1) is 6.92 Å². The minimum Gasteiger partial charge on any atom is -0.496 e. The predicted molar refractivity (Wildman–Crippen MR) is 116 cm³/mol. The quantitative estimate of drug-likeness (QED) is 0.503. The van der Waals surface area contributed by atoms with Gasteiger partial charge in [0.25, 0.3) is 5.91 Å². The second-order valence-corrected chi connectivity index (χ2v) is 8.30. The molecule has 0 spiro atoms. The van der Waals surface area contributed by atoms with Gasteiger partial charge in [-0.15, -0.1) is 0 Å². The monoisotopic (exact) mass is 476 g/mol. The number of carbonyl (C=O) groups is 2. The highest BCUT2D eigenvalue weighted by Crippen LogP contribution is 2.23. The number of aryl methyl sites for hydroxylation is 1. The van der Waals surface area contributed by atoms with Gasteiger partial charge in [0, 0.05) is 4.47 Å². The van der Waals surface area contributed by atoms with Crippen molar-refractivity contribution in [3.63, 3.8) is 0 Å². The fourth-order valence-corrected chi connectivity index (χ4v) is 4.59. The van der Waals surface area contributed by atoms with Crippen molar-refractivity contribution >= 4 is 49.4 Å². The number of nitrogens with zero attached hydrogens (tertiary/aromatic N) is 2. The van der Waals surface area contributed by atoms with E-state index in [2.05, 4.69) is 20.9 Å². The molecule has 0 atom stereocenters. The Morgan fingerprint density at radius 3 is 2.69 bits per heavy atom. The van der Waals surface area contributed by atoms with Gasteiger partial charge in [0.15, 0.2) is 4.80 Å². The molecule has 8 heteroatoms. The van der Waals surface area contributed by atoms with Gasteiger partial charge in [-0.3, -0.25) is 9.59 Å². The Kier molecular flexibility index (Phi) is 6.87. The molecule has 0 aliphatic carbocycles. The summed E-state index contributed by atoms with van der Waals surface area (Å²) in [5.41, 5.74) is 2.65. The summed E-state index contributed by atoms with van der Waals surface area (Å²) >= 11 is 4.82. The fourth-order valence-electron chi connectivity index (χ4n) is 2.99. The molecule has 1 heterocycles. The van der Waals surface area contributed by atoms with Gasteiger partial charge in [0.2, 0.25) is 0 Å². The van der Waals surface area contributed by atoms with Crippen molar-refractivity contribution in [3.8, 4) is 5.75 Å². The Bertz CT molecular complexity index is 1130. The van der Waals surface area contributed by atoms with Gasteiger partial charge in [-0.2, -0.15) is 4.99 Å². The molecule has 1 aromatic heterocycles. The van der Waals surface area contributed by atoms with Crippen LogP contribution in [-0.4, -0.2) is 30.2 Å². The number of hydrogen-bond donors (Lipinski definition) is 0. The standard InChI is InChI=1S/C21H21BrN2O4S/c1-4-28-20(26)12-24-16-7-6-15(22)11-18(16)29-21(24)23-19(25)10-14-5-8-17(27-3)13(2)9-14/h5-9,11H,4,10,12H2,1-3H3. The van der Waals surface area contributed by atoms with E-state index in [1.807, 2.05) is 43.3 Å². The number of benzene rings is 2. The predicted octanol–water partition coefficient (Wildman–Crippen LogP) is 4.02. The molecule has 6 nitrogen and oxygen atoms in total. The van der Waals surface area contributed by atoms with E-state index in [-0.39, 0.29) is 24.8 Å². The lowest BCUT2D eigenvalue weighted by Gasteiger charge is -2.06. The number of fused-ring (bicyclic) bond motifs is 1. The number of methoxy groups -OCH3 is 1. The normalized spacial score (nSPS) is 11.7. The van der Waals surface area contributed by atoms with Crippen molar-refractivity contribution in [2.45, 2.75) is 26.8 Å². The van der Waals surface area contributed by atoms with Gasteiger partial charge >= 0.3 is 5.97 Å². The zero-order chi connectivity index (χ0) is 21.0. The van der Waals surface area contributed by atoms with Gasteiger partial charge < -0.3 is 14.0 Å². The lowest BCUT2D eigenvalue weighted by atomic mass is 10.1. The zero-order valence-electron chi connectivity index (χ0n) is 16.4. The maximum absolute atomic E-state index is 12.6. The number of thiazole rings is 1. The van der Waals surface area contributed by atoms with E-state index >= 15 is 0 Å². The molecule has 0 saturated carbocycles. The first kappa shape index (κ1) is 21.3. The number of rotatable bonds is 6. The number of hydrogen-bond acceptors (Lipinski definition) is 5. The Labute approximate surface area is 180 Å². The number of amides is 1. The molecule has 0 saturated heterocycles. The molecule has 0 unspecified atom stereocenters. The Morgan fingerprint density at radius 1 is 1.21 bits per heavy atom. The molecule has 2 aromatic carbocycles. The smallest absolute Gasteiger partial charge is 0.326 e. The third kappa shape index (κ3) is 5.13. The number of halogens is 1. The lowest BCUT2D eigenvalue weighted by molar-refractivity contribution is -0.143. The van der Waals surface area contributed by atoms with Crippen LogP contribution in [0.2, 0.25) is 0 Å². The molecule has 0 aliphatic rings. The van der Waals surface area contributed by atoms with Crippen LogP contribution < -0.4 is 9.54 Å². The summed E-state index contributed by atoms with van der Waals surface area (Å²) < 4.78 is 13.9. The number of esters is 1. The van der Waals surface area contributed by atoms with Gasteiger partial charge in [0.1, 0.15) is 12.3 Å². The van der Waals surface area contributed by atoms with Crippen LogP contribution in [0.15, 0.2) is 45.9 Å². The van der Waals surface area contributed by atoms with E-state index < -0.39 is 0 Å². The van der Waals surface area contributed by atoms with Crippen molar-refractivity contribution in [2.75, 3.05) is 13.7 Å². The van der Waals surface area contributed by atoms with Crippen molar-refractivity contribution in [1.82, 2.24) is 4.57 Å². The number of aromatic nitrogens is 1. The molecule has 3 aromatic rings. The topological polar surface area (TPSA) is 69.9 Å². The lowest BCUT2D eigenvalue weighted by Crippen LogP contribution is -2.23. The second-order valence-electron chi connectivity index (χ2n) is 6.37. The molecule has 0 radical (unpaired) electrons.